The first-order chi connectivity index (χ1) is 6.57. The molecule has 1 saturated heterocycles. The maximum absolute atomic E-state index is 10.3. The van der Waals surface area contributed by atoms with Crippen LogP contribution in [-0.4, -0.2) is 27.2 Å². The van der Waals surface area contributed by atoms with Gasteiger partial charge < -0.3 is 9.84 Å². The van der Waals surface area contributed by atoms with Gasteiger partial charge >= 0.3 is 0 Å². The number of aliphatic hydroxyl groups is 1. The Kier molecular flexibility index (Phi) is 1.76. The molecule has 3 aliphatic rings. The highest BCUT2D eigenvalue weighted by Crippen LogP contribution is 2.56. The lowest BCUT2D eigenvalue weighted by Crippen LogP contribution is -2.64. The van der Waals surface area contributed by atoms with E-state index in [0.717, 1.165) is 12.8 Å². The molecule has 5 atom stereocenters. The van der Waals surface area contributed by atoms with E-state index in [-0.39, 0.29) is 28.1 Å². The van der Waals surface area contributed by atoms with E-state index in [1.165, 1.54) is 6.42 Å². The van der Waals surface area contributed by atoms with Crippen LogP contribution in [0.3, 0.4) is 0 Å². The topological polar surface area (TPSA) is 29.5 Å². The van der Waals surface area contributed by atoms with E-state index in [1.807, 2.05) is 0 Å². The normalized spacial score (nSPS) is 60.4. The number of rotatable bonds is 0. The molecule has 2 aliphatic heterocycles. The van der Waals surface area contributed by atoms with Crippen LogP contribution in [-0.2, 0) is 4.74 Å². The molecule has 1 saturated carbocycles. The van der Waals surface area contributed by atoms with Crippen LogP contribution in [0.5, 0.6) is 0 Å². The third-order valence-corrected chi connectivity index (χ3v) is 5.84. The average molecular weight is 259 g/mol. The molecule has 3 rings (SSSR count). The van der Waals surface area contributed by atoms with Crippen LogP contribution in [0.25, 0.3) is 0 Å². The van der Waals surface area contributed by atoms with Gasteiger partial charge in [-0.15, -0.1) is 0 Å². The third-order valence-electron chi connectivity index (χ3n) is 4.18. The van der Waals surface area contributed by atoms with Gasteiger partial charge in [0.1, 0.15) is 5.60 Å². The third kappa shape index (κ3) is 0.890. The summed E-state index contributed by atoms with van der Waals surface area (Å²) < 4.78 is 5.75. The van der Waals surface area contributed by atoms with Crippen molar-refractivity contribution < 1.29 is 9.84 Å². The molecule has 5 unspecified atom stereocenters. The minimum atomic E-state index is -0.312. The molecule has 3 heteroatoms. The predicted molar refractivity (Wildman–Crippen MR) is 57.4 cm³/mol. The lowest BCUT2D eigenvalue weighted by Gasteiger charge is -2.54. The molecule has 2 fully saturated rings. The van der Waals surface area contributed by atoms with Gasteiger partial charge in [-0.3, -0.25) is 0 Å². The molecule has 0 aromatic rings. The number of alkyl halides is 1. The van der Waals surface area contributed by atoms with Gasteiger partial charge in [0.05, 0.1) is 16.5 Å². The summed E-state index contributed by atoms with van der Waals surface area (Å²) in [5, 5.41) is 10.3. The zero-order valence-electron chi connectivity index (χ0n) is 8.24. The Balaban J connectivity index is 2.10. The number of fused-ring (bicyclic) bond motifs is 6. The van der Waals surface area contributed by atoms with Crippen LogP contribution < -0.4 is 0 Å². The fraction of sp³-hybridized carbons (Fsp3) is 0.818. The maximum Gasteiger partial charge on any atom is 0.102 e. The quantitative estimate of drug-likeness (QED) is 0.532. The van der Waals surface area contributed by atoms with Crippen molar-refractivity contribution in [2.75, 3.05) is 0 Å². The summed E-state index contributed by atoms with van der Waals surface area (Å²) in [6.45, 7) is 2.07. The van der Waals surface area contributed by atoms with Gasteiger partial charge in [-0.2, -0.15) is 0 Å². The molecule has 1 aliphatic carbocycles. The molecule has 0 amide bonds. The SMILES string of the molecule is CC12C=CC(O1)C1CCCC2(Br)C1O. The van der Waals surface area contributed by atoms with Gasteiger partial charge in [0.2, 0.25) is 0 Å². The highest BCUT2D eigenvalue weighted by atomic mass is 79.9. The number of aliphatic hydroxyl groups excluding tert-OH is 1. The van der Waals surface area contributed by atoms with Gasteiger partial charge in [0.15, 0.2) is 0 Å². The predicted octanol–water partition coefficient (Wildman–Crippen LogP) is 2.01. The minimum Gasteiger partial charge on any atom is -0.391 e. The Morgan fingerprint density at radius 1 is 1.57 bits per heavy atom. The molecule has 0 aromatic heterocycles. The van der Waals surface area contributed by atoms with Crippen molar-refractivity contribution in [1.29, 1.82) is 0 Å². The Morgan fingerprint density at radius 2 is 2.36 bits per heavy atom. The summed E-state index contributed by atoms with van der Waals surface area (Å²) in [6.07, 6.45) is 7.39. The van der Waals surface area contributed by atoms with E-state index < -0.39 is 0 Å². The van der Waals surface area contributed by atoms with Crippen molar-refractivity contribution in [3.63, 3.8) is 0 Å². The van der Waals surface area contributed by atoms with E-state index in [9.17, 15) is 5.11 Å². The molecule has 0 spiro atoms. The van der Waals surface area contributed by atoms with Crippen molar-refractivity contribution in [2.45, 2.75) is 48.3 Å². The van der Waals surface area contributed by atoms with Crippen LogP contribution in [0.1, 0.15) is 26.2 Å². The molecule has 2 nitrogen and oxygen atoms in total. The molecular formula is C11H15BrO2. The first-order valence-electron chi connectivity index (χ1n) is 5.31. The number of ether oxygens (including phenoxy) is 1. The Hall–Kier alpha value is 0.140. The Morgan fingerprint density at radius 3 is 3.14 bits per heavy atom. The highest BCUT2D eigenvalue weighted by molar-refractivity contribution is 9.10. The molecule has 14 heavy (non-hydrogen) atoms. The van der Waals surface area contributed by atoms with Gasteiger partial charge in [-0.05, 0) is 19.8 Å². The summed E-state index contributed by atoms with van der Waals surface area (Å²) in [5.74, 6) is 0.287. The summed E-state index contributed by atoms with van der Waals surface area (Å²) in [5.41, 5.74) is -0.312. The molecule has 4 bridgehead atoms. The van der Waals surface area contributed by atoms with Gasteiger partial charge in [-0.1, -0.05) is 34.5 Å². The summed E-state index contributed by atoms with van der Waals surface area (Å²) in [6, 6.07) is 0. The van der Waals surface area contributed by atoms with E-state index >= 15 is 0 Å². The van der Waals surface area contributed by atoms with E-state index in [0.29, 0.717) is 0 Å². The lowest BCUT2D eigenvalue weighted by molar-refractivity contribution is -0.172. The molecule has 0 radical (unpaired) electrons. The van der Waals surface area contributed by atoms with Crippen molar-refractivity contribution in [3.8, 4) is 0 Å². The van der Waals surface area contributed by atoms with Crippen molar-refractivity contribution in [2.24, 2.45) is 5.92 Å². The summed E-state index contributed by atoms with van der Waals surface area (Å²) in [7, 11) is 0. The standard InChI is InChI=1S/C11H15BrO2/c1-10-6-4-8(14-10)7-3-2-5-11(10,12)9(7)13/h4,6-9,13H,2-3,5H2,1H3. The molecule has 78 valence electrons. The number of hydrogen-bond donors (Lipinski definition) is 1. The maximum atomic E-state index is 10.3. The van der Waals surface area contributed by atoms with E-state index in [4.69, 9.17) is 4.74 Å². The second-order valence-electron chi connectivity index (χ2n) is 4.91. The van der Waals surface area contributed by atoms with Crippen LogP contribution in [0.2, 0.25) is 0 Å². The number of halogens is 1. The lowest BCUT2D eigenvalue weighted by atomic mass is 9.69. The highest BCUT2D eigenvalue weighted by Gasteiger charge is 2.62. The zero-order valence-corrected chi connectivity index (χ0v) is 9.83. The monoisotopic (exact) mass is 258 g/mol. The molecule has 1 N–H and O–H groups in total. The van der Waals surface area contributed by atoms with Gasteiger partial charge in [-0.25, -0.2) is 0 Å². The van der Waals surface area contributed by atoms with E-state index in [2.05, 4.69) is 35.0 Å². The van der Waals surface area contributed by atoms with Crippen molar-refractivity contribution in [3.05, 3.63) is 12.2 Å². The second-order valence-corrected chi connectivity index (χ2v) is 6.33. The number of hydrogen-bond acceptors (Lipinski definition) is 2. The fourth-order valence-electron chi connectivity index (χ4n) is 3.23. The van der Waals surface area contributed by atoms with Crippen LogP contribution in [0, 0.1) is 5.92 Å². The fourth-order valence-corrected chi connectivity index (χ4v) is 4.08. The first kappa shape index (κ1) is 9.37. The largest absolute Gasteiger partial charge is 0.391 e. The minimum absolute atomic E-state index is 0.140. The molecular weight excluding hydrogens is 244 g/mol. The summed E-state index contributed by atoms with van der Waals surface area (Å²) in [4.78, 5) is 0. The smallest absolute Gasteiger partial charge is 0.102 e. The van der Waals surface area contributed by atoms with E-state index in [1.54, 1.807) is 0 Å². The van der Waals surface area contributed by atoms with Crippen LogP contribution in [0.4, 0.5) is 0 Å². The van der Waals surface area contributed by atoms with Crippen molar-refractivity contribution >= 4 is 15.9 Å². The average Bonchev–Trinajstić information content (AvgIpc) is 2.52. The van der Waals surface area contributed by atoms with Gasteiger partial charge in [0.25, 0.3) is 0 Å². The van der Waals surface area contributed by atoms with Crippen LogP contribution in [0.15, 0.2) is 12.2 Å². The second kappa shape index (κ2) is 2.63. The first-order valence-corrected chi connectivity index (χ1v) is 6.10. The Bertz CT molecular complexity index is 304. The zero-order chi connectivity index (χ0) is 9.97. The molecule has 0 aromatic carbocycles. The van der Waals surface area contributed by atoms with Gasteiger partial charge in [0, 0.05) is 5.92 Å². The summed E-state index contributed by atoms with van der Waals surface area (Å²) >= 11 is 3.74. The Labute approximate surface area is 92.5 Å². The molecule has 2 heterocycles. The van der Waals surface area contributed by atoms with Crippen molar-refractivity contribution in [1.82, 2.24) is 0 Å². The van der Waals surface area contributed by atoms with Crippen LogP contribution >= 0.6 is 15.9 Å².